The molecule has 1 N–H and O–H groups in total. The fraction of sp³-hybridized carbons (Fsp3) is 0.714. The van der Waals surface area contributed by atoms with Gasteiger partial charge < -0.3 is 5.11 Å². The Labute approximate surface area is 114 Å². The van der Waals surface area contributed by atoms with E-state index in [9.17, 15) is 9.90 Å². The summed E-state index contributed by atoms with van der Waals surface area (Å²) in [5.74, 6) is -0.506. The summed E-state index contributed by atoms with van der Waals surface area (Å²) < 4.78 is 1.92. The average Bonchev–Trinajstić information content (AvgIpc) is 2.77. The van der Waals surface area contributed by atoms with Crippen molar-refractivity contribution in [2.75, 3.05) is 6.54 Å². The Hall–Kier alpha value is -1.36. The second-order valence-corrected chi connectivity index (χ2v) is 5.75. The van der Waals surface area contributed by atoms with Crippen molar-refractivity contribution in [1.82, 2.24) is 14.7 Å². The molecular formula is C14H23N3O2. The fourth-order valence-corrected chi connectivity index (χ4v) is 2.81. The highest BCUT2D eigenvalue weighted by atomic mass is 16.4. The summed E-state index contributed by atoms with van der Waals surface area (Å²) in [5, 5.41) is 13.9. The van der Waals surface area contributed by atoms with Crippen molar-refractivity contribution in [1.29, 1.82) is 0 Å². The van der Waals surface area contributed by atoms with Gasteiger partial charge in [0.2, 0.25) is 0 Å². The monoisotopic (exact) mass is 265 g/mol. The van der Waals surface area contributed by atoms with Crippen LogP contribution < -0.4 is 0 Å². The topological polar surface area (TPSA) is 58.4 Å². The molecule has 0 bridgehead atoms. The first kappa shape index (κ1) is 14.1. The van der Waals surface area contributed by atoms with Crippen molar-refractivity contribution in [2.24, 2.45) is 5.92 Å². The molecule has 2 unspecified atom stereocenters. The Morgan fingerprint density at radius 3 is 2.89 bits per heavy atom. The Balaban J connectivity index is 2.09. The molecule has 0 aliphatic carbocycles. The van der Waals surface area contributed by atoms with Crippen LogP contribution in [0.2, 0.25) is 0 Å². The maximum atomic E-state index is 11.4. The van der Waals surface area contributed by atoms with E-state index in [1.807, 2.05) is 28.8 Å². The van der Waals surface area contributed by atoms with Gasteiger partial charge in [-0.05, 0) is 45.2 Å². The van der Waals surface area contributed by atoms with Gasteiger partial charge >= 0.3 is 5.97 Å². The van der Waals surface area contributed by atoms with Gasteiger partial charge in [0.1, 0.15) is 6.04 Å². The van der Waals surface area contributed by atoms with Gasteiger partial charge in [-0.3, -0.25) is 14.4 Å². The molecule has 1 fully saturated rings. The van der Waals surface area contributed by atoms with E-state index in [-0.39, 0.29) is 12.0 Å². The van der Waals surface area contributed by atoms with Crippen molar-refractivity contribution < 1.29 is 9.90 Å². The van der Waals surface area contributed by atoms with E-state index < -0.39 is 5.97 Å². The molecular weight excluding hydrogens is 242 g/mol. The molecule has 1 aromatic heterocycles. The molecule has 106 valence electrons. The number of carboxylic acids is 1. The van der Waals surface area contributed by atoms with E-state index in [1.165, 1.54) is 0 Å². The van der Waals surface area contributed by atoms with Crippen LogP contribution in [0.1, 0.15) is 45.3 Å². The van der Waals surface area contributed by atoms with Crippen molar-refractivity contribution >= 4 is 5.97 Å². The smallest absolute Gasteiger partial charge is 0.321 e. The number of hydrogen-bond acceptors (Lipinski definition) is 3. The van der Waals surface area contributed by atoms with E-state index in [2.05, 4.69) is 18.9 Å². The van der Waals surface area contributed by atoms with E-state index in [0.717, 1.165) is 25.1 Å². The summed E-state index contributed by atoms with van der Waals surface area (Å²) >= 11 is 0. The van der Waals surface area contributed by atoms with Crippen molar-refractivity contribution in [3.8, 4) is 0 Å². The predicted octanol–water partition coefficient (Wildman–Crippen LogP) is 2.15. The first-order valence-corrected chi connectivity index (χ1v) is 7.00. The third-order valence-corrected chi connectivity index (χ3v) is 3.85. The van der Waals surface area contributed by atoms with Crippen LogP contribution in [0.25, 0.3) is 0 Å². The average molecular weight is 265 g/mol. The number of nitrogens with zero attached hydrogens (tertiary/aromatic N) is 3. The molecule has 2 atom stereocenters. The van der Waals surface area contributed by atoms with Gasteiger partial charge in [-0.15, -0.1) is 0 Å². The van der Waals surface area contributed by atoms with Gasteiger partial charge in [-0.25, -0.2) is 0 Å². The molecule has 1 aromatic rings. The van der Waals surface area contributed by atoms with Gasteiger partial charge in [-0.2, -0.15) is 5.10 Å². The number of rotatable bonds is 4. The third-order valence-electron chi connectivity index (χ3n) is 3.85. The largest absolute Gasteiger partial charge is 0.480 e. The highest BCUT2D eigenvalue weighted by Gasteiger charge is 2.34. The highest BCUT2D eigenvalue weighted by molar-refractivity contribution is 5.74. The normalized spacial score (nSPS) is 24.8. The minimum Gasteiger partial charge on any atom is -0.480 e. The molecule has 2 rings (SSSR count). The number of likely N-dealkylation sites (tertiary alicyclic amines) is 1. The molecule has 1 saturated heterocycles. The summed E-state index contributed by atoms with van der Waals surface area (Å²) in [5.41, 5.74) is 0.953. The Morgan fingerprint density at radius 1 is 1.58 bits per heavy atom. The number of hydrogen-bond donors (Lipinski definition) is 1. The van der Waals surface area contributed by atoms with Crippen LogP contribution in [0.3, 0.4) is 0 Å². The molecule has 0 aromatic carbocycles. The first-order valence-electron chi connectivity index (χ1n) is 7.00. The number of aromatic nitrogens is 2. The molecule has 0 spiro atoms. The summed E-state index contributed by atoms with van der Waals surface area (Å²) in [6, 6.07) is 1.94. The van der Waals surface area contributed by atoms with Crippen molar-refractivity contribution in [3.05, 3.63) is 18.0 Å². The zero-order valence-corrected chi connectivity index (χ0v) is 11.9. The van der Waals surface area contributed by atoms with Crippen LogP contribution >= 0.6 is 0 Å². The van der Waals surface area contributed by atoms with Gasteiger partial charge in [0.25, 0.3) is 0 Å². The molecule has 1 aliphatic rings. The third kappa shape index (κ3) is 3.15. The summed E-state index contributed by atoms with van der Waals surface area (Å²) in [4.78, 5) is 13.5. The van der Waals surface area contributed by atoms with Crippen LogP contribution in [0.5, 0.6) is 0 Å². The summed E-state index contributed by atoms with van der Waals surface area (Å²) in [7, 11) is 0. The molecule has 5 heteroatoms. The number of aliphatic carboxylic acids is 1. The quantitative estimate of drug-likeness (QED) is 0.906. The standard InChI is InChI=1S/C14H23N3O2/c1-10(2)17-8-6-12(15-17)9-16-7-4-5-11(3)13(16)14(18)19/h6,8,10-11,13H,4-5,7,9H2,1-3H3,(H,18,19). The van der Waals surface area contributed by atoms with E-state index in [0.29, 0.717) is 12.6 Å². The zero-order valence-electron chi connectivity index (χ0n) is 11.9. The maximum Gasteiger partial charge on any atom is 0.321 e. The molecule has 19 heavy (non-hydrogen) atoms. The number of carboxylic acid groups (broad SMARTS) is 1. The van der Waals surface area contributed by atoms with E-state index in [4.69, 9.17) is 0 Å². The lowest BCUT2D eigenvalue weighted by atomic mass is 9.91. The van der Waals surface area contributed by atoms with E-state index >= 15 is 0 Å². The Morgan fingerprint density at radius 2 is 2.32 bits per heavy atom. The number of piperidine rings is 1. The van der Waals surface area contributed by atoms with Crippen molar-refractivity contribution in [2.45, 2.75) is 52.2 Å². The lowest BCUT2D eigenvalue weighted by molar-refractivity contribution is -0.147. The molecule has 0 amide bonds. The molecule has 2 heterocycles. The Bertz CT molecular complexity index is 442. The second kappa shape index (κ2) is 5.74. The van der Waals surface area contributed by atoms with Gasteiger partial charge in [0, 0.05) is 18.8 Å². The first-order chi connectivity index (χ1) is 8.99. The van der Waals surface area contributed by atoms with Crippen LogP contribution in [0.15, 0.2) is 12.3 Å². The van der Waals surface area contributed by atoms with Gasteiger partial charge in [0.05, 0.1) is 5.69 Å². The molecule has 5 nitrogen and oxygen atoms in total. The molecule has 0 radical (unpaired) electrons. The van der Waals surface area contributed by atoms with Gasteiger partial charge in [-0.1, -0.05) is 6.92 Å². The highest BCUT2D eigenvalue weighted by Crippen LogP contribution is 2.25. The molecule has 1 aliphatic heterocycles. The van der Waals surface area contributed by atoms with E-state index in [1.54, 1.807) is 0 Å². The minimum atomic E-state index is -0.713. The second-order valence-electron chi connectivity index (χ2n) is 5.75. The Kier molecular flexibility index (Phi) is 4.24. The fourth-order valence-electron chi connectivity index (χ4n) is 2.81. The maximum absolute atomic E-state index is 11.4. The predicted molar refractivity (Wildman–Crippen MR) is 72.8 cm³/mol. The van der Waals surface area contributed by atoms with Crippen LogP contribution in [0.4, 0.5) is 0 Å². The lowest BCUT2D eigenvalue weighted by Crippen LogP contribution is -2.48. The van der Waals surface area contributed by atoms with Crippen LogP contribution in [-0.4, -0.2) is 38.3 Å². The van der Waals surface area contributed by atoms with Crippen LogP contribution in [0, 0.1) is 5.92 Å². The minimum absolute atomic E-state index is 0.207. The number of carbonyl (C=O) groups is 1. The lowest BCUT2D eigenvalue weighted by Gasteiger charge is -2.36. The van der Waals surface area contributed by atoms with Gasteiger partial charge in [0.15, 0.2) is 0 Å². The zero-order chi connectivity index (χ0) is 14.0. The summed E-state index contributed by atoms with van der Waals surface area (Å²) in [6.07, 6.45) is 4.02. The van der Waals surface area contributed by atoms with Crippen LogP contribution in [-0.2, 0) is 11.3 Å². The van der Waals surface area contributed by atoms with Crippen molar-refractivity contribution in [3.63, 3.8) is 0 Å². The molecule has 0 saturated carbocycles. The SMILES string of the molecule is CC1CCCN(Cc2ccn(C(C)C)n2)C1C(=O)O. The summed E-state index contributed by atoms with van der Waals surface area (Å²) in [6.45, 7) is 7.66.